The molecule has 1 aliphatic heterocycles. The summed E-state index contributed by atoms with van der Waals surface area (Å²) in [6.07, 6.45) is -0.0204. The van der Waals surface area contributed by atoms with Gasteiger partial charge in [0.1, 0.15) is 23.5 Å². The van der Waals surface area contributed by atoms with E-state index in [-0.39, 0.29) is 17.4 Å². The largest absolute Gasteiger partial charge is 0.486 e. The fraction of sp³-hybridized carbons (Fsp3) is 0.300. The van der Waals surface area contributed by atoms with Crippen molar-refractivity contribution in [3.05, 3.63) is 33.9 Å². The molecule has 1 heterocycles. The first-order valence-corrected chi connectivity index (χ1v) is 4.63. The molecular weight excluding hydrogens is 212 g/mol. The third kappa shape index (κ3) is 1.94. The van der Waals surface area contributed by atoms with Gasteiger partial charge in [0.2, 0.25) is 0 Å². The van der Waals surface area contributed by atoms with Crippen molar-refractivity contribution in [3.8, 4) is 11.8 Å². The van der Waals surface area contributed by atoms with E-state index in [2.05, 4.69) is 0 Å². The fourth-order valence-corrected chi connectivity index (χ4v) is 1.31. The van der Waals surface area contributed by atoms with E-state index in [1.54, 1.807) is 6.07 Å². The fourth-order valence-electron chi connectivity index (χ4n) is 1.31. The molecule has 6 nitrogen and oxygen atoms in total. The van der Waals surface area contributed by atoms with Gasteiger partial charge >= 0.3 is 0 Å². The van der Waals surface area contributed by atoms with Crippen molar-refractivity contribution in [1.29, 1.82) is 5.26 Å². The zero-order valence-corrected chi connectivity index (χ0v) is 8.25. The molecular formula is C10H8N2O4. The molecule has 1 aromatic carbocycles. The van der Waals surface area contributed by atoms with Gasteiger partial charge in [-0.05, 0) is 6.07 Å². The van der Waals surface area contributed by atoms with Crippen LogP contribution in [0.15, 0.2) is 18.2 Å². The molecule has 0 spiro atoms. The molecule has 0 radical (unpaired) electrons. The van der Waals surface area contributed by atoms with Crippen LogP contribution in [0.2, 0.25) is 0 Å². The number of rotatable bonds is 3. The molecule has 0 aliphatic carbocycles. The van der Waals surface area contributed by atoms with Crippen LogP contribution in [0.1, 0.15) is 5.56 Å². The van der Waals surface area contributed by atoms with Crippen molar-refractivity contribution in [2.75, 3.05) is 13.2 Å². The van der Waals surface area contributed by atoms with Gasteiger partial charge < -0.3 is 9.47 Å². The molecule has 1 saturated heterocycles. The molecule has 82 valence electrons. The molecule has 0 amide bonds. The number of nitro groups is 1. The maximum absolute atomic E-state index is 10.6. The van der Waals surface area contributed by atoms with Gasteiger partial charge in [-0.25, -0.2) is 0 Å². The SMILES string of the molecule is N#Cc1cc(OC2COC2)ccc1[N+](=O)[O-]. The minimum Gasteiger partial charge on any atom is -0.486 e. The summed E-state index contributed by atoms with van der Waals surface area (Å²) < 4.78 is 10.4. The molecule has 2 rings (SSSR count). The number of hydrogen-bond donors (Lipinski definition) is 0. The highest BCUT2D eigenvalue weighted by molar-refractivity contribution is 5.52. The molecule has 0 saturated carbocycles. The summed E-state index contributed by atoms with van der Waals surface area (Å²) in [5.41, 5.74) is -0.206. The second-order valence-electron chi connectivity index (χ2n) is 3.33. The van der Waals surface area contributed by atoms with Crippen LogP contribution in [0.4, 0.5) is 5.69 Å². The highest BCUT2D eigenvalue weighted by Crippen LogP contribution is 2.24. The van der Waals surface area contributed by atoms with Gasteiger partial charge in [0, 0.05) is 12.1 Å². The van der Waals surface area contributed by atoms with Crippen molar-refractivity contribution in [1.82, 2.24) is 0 Å². The zero-order chi connectivity index (χ0) is 11.5. The minimum absolute atomic E-state index is 0.00254. The lowest BCUT2D eigenvalue weighted by Gasteiger charge is -2.26. The molecule has 0 atom stereocenters. The highest BCUT2D eigenvalue weighted by Gasteiger charge is 2.21. The van der Waals surface area contributed by atoms with Crippen LogP contribution in [0.25, 0.3) is 0 Å². The monoisotopic (exact) mass is 220 g/mol. The lowest BCUT2D eigenvalue weighted by atomic mass is 10.2. The molecule has 1 aliphatic rings. The molecule has 0 bridgehead atoms. The Morgan fingerprint density at radius 1 is 1.56 bits per heavy atom. The summed E-state index contributed by atoms with van der Waals surface area (Å²) in [6, 6.07) is 5.90. The second kappa shape index (κ2) is 4.16. The number of nitriles is 1. The van der Waals surface area contributed by atoms with E-state index < -0.39 is 4.92 Å². The molecule has 6 heteroatoms. The molecule has 0 unspecified atom stereocenters. The second-order valence-corrected chi connectivity index (χ2v) is 3.33. The minimum atomic E-state index is -0.589. The van der Waals surface area contributed by atoms with Crippen LogP contribution in [0.3, 0.4) is 0 Å². The number of hydrogen-bond acceptors (Lipinski definition) is 5. The first-order valence-electron chi connectivity index (χ1n) is 4.63. The van der Waals surface area contributed by atoms with E-state index in [1.165, 1.54) is 18.2 Å². The van der Waals surface area contributed by atoms with Crippen molar-refractivity contribution >= 4 is 5.69 Å². The smallest absolute Gasteiger partial charge is 0.287 e. The van der Waals surface area contributed by atoms with E-state index >= 15 is 0 Å². The van der Waals surface area contributed by atoms with E-state index in [0.29, 0.717) is 19.0 Å². The van der Waals surface area contributed by atoms with E-state index in [1.807, 2.05) is 0 Å². The number of benzene rings is 1. The van der Waals surface area contributed by atoms with Crippen molar-refractivity contribution < 1.29 is 14.4 Å². The van der Waals surface area contributed by atoms with Gasteiger partial charge in [0.15, 0.2) is 0 Å². The van der Waals surface area contributed by atoms with Gasteiger partial charge in [0.25, 0.3) is 5.69 Å². The van der Waals surface area contributed by atoms with Crippen LogP contribution in [0, 0.1) is 21.4 Å². The average Bonchev–Trinajstić information content (AvgIpc) is 2.23. The summed E-state index contributed by atoms with van der Waals surface area (Å²) in [5.74, 6) is 0.454. The maximum Gasteiger partial charge on any atom is 0.287 e. The maximum atomic E-state index is 10.6. The van der Waals surface area contributed by atoms with Crippen LogP contribution in [-0.2, 0) is 4.74 Å². The van der Waals surface area contributed by atoms with Crippen molar-refractivity contribution in [2.24, 2.45) is 0 Å². The normalized spacial score (nSPS) is 14.9. The van der Waals surface area contributed by atoms with E-state index in [9.17, 15) is 10.1 Å². The van der Waals surface area contributed by atoms with Crippen LogP contribution < -0.4 is 4.74 Å². The Hall–Kier alpha value is -2.13. The van der Waals surface area contributed by atoms with Gasteiger partial charge in [-0.15, -0.1) is 0 Å². The van der Waals surface area contributed by atoms with Crippen LogP contribution in [-0.4, -0.2) is 24.2 Å². The zero-order valence-electron chi connectivity index (χ0n) is 8.25. The van der Waals surface area contributed by atoms with Crippen molar-refractivity contribution in [3.63, 3.8) is 0 Å². The Kier molecular flexibility index (Phi) is 2.70. The van der Waals surface area contributed by atoms with Crippen LogP contribution in [0.5, 0.6) is 5.75 Å². The van der Waals surface area contributed by atoms with E-state index in [4.69, 9.17) is 14.7 Å². The Labute approximate surface area is 91.2 Å². The molecule has 16 heavy (non-hydrogen) atoms. The number of nitrogens with zero attached hydrogens (tertiary/aromatic N) is 2. The van der Waals surface area contributed by atoms with E-state index in [0.717, 1.165) is 0 Å². The first-order chi connectivity index (χ1) is 7.70. The first kappa shape index (κ1) is 10.4. The van der Waals surface area contributed by atoms with Gasteiger partial charge in [-0.3, -0.25) is 10.1 Å². The van der Waals surface area contributed by atoms with Gasteiger partial charge in [-0.1, -0.05) is 0 Å². The standard InChI is InChI=1S/C10H8N2O4/c11-4-7-3-8(16-9-5-15-6-9)1-2-10(7)12(13)14/h1-3,9H,5-6H2. The third-order valence-corrected chi connectivity index (χ3v) is 2.20. The quantitative estimate of drug-likeness (QED) is 0.565. The third-order valence-electron chi connectivity index (χ3n) is 2.20. The lowest BCUT2D eigenvalue weighted by molar-refractivity contribution is -0.385. The Morgan fingerprint density at radius 3 is 2.81 bits per heavy atom. The Bertz CT molecular complexity index is 462. The number of ether oxygens (including phenoxy) is 2. The Balaban J connectivity index is 2.22. The molecule has 1 fully saturated rings. The van der Waals surface area contributed by atoms with Gasteiger partial charge in [0.05, 0.1) is 18.1 Å². The van der Waals surface area contributed by atoms with Crippen molar-refractivity contribution in [2.45, 2.75) is 6.10 Å². The molecule has 1 aromatic rings. The summed E-state index contributed by atoms with van der Waals surface area (Å²) in [7, 11) is 0. The summed E-state index contributed by atoms with van der Waals surface area (Å²) in [4.78, 5) is 9.99. The predicted molar refractivity (Wildman–Crippen MR) is 53.0 cm³/mol. The predicted octanol–water partition coefficient (Wildman–Crippen LogP) is 1.24. The number of nitro benzene ring substituents is 1. The topological polar surface area (TPSA) is 85.4 Å². The molecule has 0 N–H and O–H groups in total. The summed E-state index contributed by atoms with van der Waals surface area (Å²) in [6.45, 7) is 1.03. The molecule has 0 aromatic heterocycles. The lowest BCUT2D eigenvalue weighted by Crippen LogP contribution is -2.38. The van der Waals surface area contributed by atoms with Crippen LogP contribution >= 0.6 is 0 Å². The van der Waals surface area contributed by atoms with Gasteiger partial charge in [-0.2, -0.15) is 5.26 Å². The highest BCUT2D eigenvalue weighted by atomic mass is 16.6. The summed E-state index contributed by atoms with van der Waals surface area (Å²) >= 11 is 0. The Morgan fingerprint density at radius 2 is 2.31 bits per heavy atom. The summed E-state index contributed by atoms with van der Waals surface area (Å²) in [5, 5.41) is 19.3. The average molecular weight is 220 g/mol.